The fourth-order valence-corrected chi connectivity index (χ4v) is 5.68. The van der Waals surface area contributed by atoms with E-state index in [1.54, 1.807) is 12.3 Å². The number of thiazole rings is 1. The summed E-state index contributed by atoms with van der Waals surface area (Å²) < 4.78 is 40.9. The third kappa shape index (κ3) is 7.02. The third-order valence-electron chi connectivity index (χ3n) is 5.47. The fraction of sp³-hybridized carbons (Fsp3) is 0.417. The minimum Gasteiger partial charge on any atom is -0.489 e. The second-order valence-corrected chi connectivity index (χ2v) is 11.3. The predicted molar refractivity (Wildman–Crippen MR) is 140 cm³/mol. The van der Waals surface area contributed by atoms with Gasteiger partial charge in [0.25, 0.3) is 5.91 Å². The second-order valence-electron chi connectivity index (χ2n) is 8.23. The lowest BCUT2D eigenvalue weighted by molar-refractivity contribution is -0.110. The molecule has 38 heavy (non-hydrogen) atoms. The fourth-order valence-electron chi connectivity index (χ4n) is 3.57. The Bertz CT molecular complexity index is 1370. The number of hydrogen-bond donors (Lipinski definition) is 2. The number of amides is 1. The lowest BCUT2D eigenvalue weighted by atomic mass is 10.1. The minimum atomic E-state index is -3.51. The van der Waals surface area contributed by atoms with Gasteiger partial charge in [0.2, 0.25) is 0 Å². The minimum absolute atomic E-state index is 0.0517. The van der Waals surface area contributed by atoms with Gasteiger partial charge in [0, 0.05) is 38.0 Å². The first-order valence-corrected chi connectivity index (χ1v) is 14.3. The van der Waals surface area contributed by atoms with Gasteiger partial charge in [-0.25, -0.2) is 18.4 Å². The van der Waals surface area contributed by atoms with Gasteiger partial charge in [0.1, 0.15) is 22.7 Å². The number of oxime groups is 1. The molecule has 0 bridgehead atoms. The summed E-state index contributed by atoms with van der Waals surface area (Å²) in [5.41, 5.74) is 0.759. The highest BCUT2D eigenvalue weighted by Crippen LogP contribution is 2.30. The van der Waals surface area contributed by atoms with Crippen LogP contribution in [0.3, 0.4) is 0 Å². The molecule has 4 rings (SSSR count). The Hall–Kier alpha value is -3.17. The van der Waals surface area contributed by atoms with E-state index in [-0.39, 0.29) is 40.8 Å². The molecule has 0 saturated carbocycles. The average molecular weight is 565 g/mol. The maximum Gasteiger partial charge on any atom is 0.280 e. The number of carbonyl (C=O) groups is 1. The molecule has 1 aliphatic rings. The zero-order valence-electron chi connectivity index (χ0n) is 20.7. The van der Waals surface area contributed by atoms with Gasteiger partial charge in [-0.1, -0.05) is 28.6 Å². The molecule has 1 aliphatic heterocycles. The highest BCUT2D eigenvalue weighted by molar-refractivity contribution is 7.91. The van der Waals surface area contributed by atoms with Gasteiger partial charge in [0.05, 0.1) is 30.5 Å². The lowest BCUT2D eigenvalue weighted by Crippen LogP contribution is -2.25. The molecule has 1 aromatic carbocycles. The monoisotopic (exact) mass is 564 g/mol. The van der Waals surface area contributed by atoms with Gasteiger partial charge in [-0.3, -0.25) is 10.1 Å². The van der Waals surface area contributed by atoms with Crippen molar-refractivity contribution in [1.29, 1.82) is 0 Å². The quantitative estimate of drug-likeness (QED) is 0.179. The first-order chi connectivity index (χ1) is 18.4. The van der Waals surface area contributed by atoms with Crippen LogP contribution >= 0.6 is 11.3 Å². The molecular weight excluding hydrogens is 536 g/mol. The van der Waals surface area contributed by atoms with Gasteiger partial charge in [-0.2, -0.15) is 0 Å². The van der Waals surface area contributed by atoms with Crippen LogP contribution in [-0.4, -0.2) is 87.1 Å². The number of nitrogens with zero attached hydrogens (tertiary/aromatic N) is 3. The number of aliphatic hydroxyl groups is 1. The van der Waals surface area contributed by atoms with Crippen molar-refractivity contribution in [3.63, 3.8) is 0 Å². The Morgan fingerprint density at radius 2 is 2.08 bits per heavy atom. The van der Waals surface area contributed by atoms with Crippen LogP contribution in [0.4, 0.5) is 5.13 Å². The molecule has 14 heteroatoms. The molecule has 12 nitrogen and oxygen atoms in total. The third-order valence-corrected chi connectivity index (χ3v) is 8.17. The zero-order valence-corrected chi connectivity index (χ0v) is 22.3. The summed E-state index contributed by atoms with van der Waals surface area (Å²) in [5.74, 6) is -0.222. The number of methoxy groups -OCH3 is 1. The number of sulfone groups is 1. The molecule has 0 spiro atoms. The summed E-state index contributed by atoms with van der Waals surface area (Å²) in [5, 5.41) is 16.1. The molecule has 1 fully saturated rings. The van der Waals surface area contributed by atoms with Crippen molar-refractivity contribution in [2.45, 2.75) is 23.8 Å². The summed E-state index contributed by atoms with van der Waals surface area (Å²) in [6, 6.07) is 7.52. The van der Waals surface area contributed by atoms with E-state index >= 15 is 0 Å². The second kappa shape index (κ2) is 13.1. The van der Waals surface area contributed by atoms with Gasteiger partial charge in [-0.05, 0) is 18.6 Å². The molecule has 204 valence electrons. The van der Waals surface area contributed by atoms with Gasteiger partial charge < -0.3 is 24.2 Å². The highest BCUT2D eigenvalue weighted by Gasteiger charge is 2.23. The molecule has 0 radical (unpaired) electrons. The highest BCUT2D eigenvalue weighted by atomic mass is 32.2. The number of fused-ring (bicyclic) bond motifs is 1. The van der Waals surface area contributed by atoms with E-state index in [1.165, 1.54) is 31.4 Å². The Kier molecular flexibility index (Phi) is 9.58. The summed E-state index contributed by atoms with van der Waals surface area (Å²) in [6.07, 6.45) is 2.26. The van der Waals surface area contributed by atoms with Crippen molar-refractivity contribution in [2.24, 2.45) is 5.16 Å². The van der Waals surface area contributed by atoms with Crippen molar-refractivity contribution < 1.29 is 37.4 Å². The lowest BCUT2D eigenvalue weighted by Gasteiger charge is -2.10. The van der Waals surface area contributed by atoms with E-state index in [2.05, 4.69) is 20.4 Å². The van der Waals surface area contributed by atoms with E-state index in [0.29, 0.717) is 54.3 Å². The smallest absolute Gasteiger partial charge is 0.280 e. The Morgan fingerprint density at radius 1 is 1.26 bits per heavy atom. The van der Waals surface area contributed by atoms with E-state index in [1.807, 2.05) is 0 Å². The van der Waals surface area contributed by atoms with Crippen LogP contribution in [-0.2, 0) is 28.9 Å². The number of nitrogens with one attached hydrogen (secondary N) is 1. The predicted octanol–water partition coefficient (Wildman–Crippen LogP) is 2.02. The van der Waals surface area contributed by atoms with E-state index < -0.39 is 15.7 Å². The molecular formula is C24H28N4O8S2. The average Bonchev–Trinajstić information content (AvgIpc) is 3.58. The van der Waals surface area contributed by atoms with Crippen LogP contribution < -0.4 is 10.1 Å². The van der Waals surface area contributed by atoms with Crippen LogP contribution in [0.25, 0.3) is 10.3 Å². The summed E-state index contributed by atoms with van der Waals surface area (Å²) in [7, 11) is -1.99. The largest absolute Gasteiger partial charge is 0.489 e. The molecule has 2 N–H and O–H groups in total. The topological polar surface area (TPSA) is 159 Å². The number of benzene rings is 1. The molecule has 1 atom stereocenters. The first kappa shape index (κ1) is 27.9. The van der Waals surface area contributed by atoms with Gasteiger partial charge >= 0.3 is 0 Å². The standard InChI is InChI=1S/C24H28N4O8S2/c1-33-11-2-14-38(31,32)18-5-3-16(4-6-18)20(28-36-17-8-12-34-15-17)22(30)27-24-26-21-19(35-13-10-29)7-9-25-23(21)37-24/h3-7,9,17,29H,2,8,10-15H2,1H3,(H,26,27,30)/b28-20+/t17-/m1/s1. The van der Waals surface area contributed by atoms with E-state index in [4.69, 9.17) is 24.2 Å². The van der Waals surface area contributed by atoms with Gasteiger partial charge in [-0.15, -0.1) is 0 Å². The number of anilines is 1. The van der Waals surface area contributed by atoms with Crippen LogP contribution in [0, 0.1) is 0 Å². The van der Waals surface area contributed by atoms with Crippen molar-refractivity contribution in [3.05, 3.63) is 42.1 Å². The maximum absolute atomic E-state index is 13.3. The number of ether oxygens (including phenoxy) is 3. The normalized spacial score (nSPS) is 16.1. The summed E-state index contributed by atoms with van der Waals surface area (Å²) in [4.78, 5) is 28.2. The zero-order chi connectivity index (χ0) is 27.0. The van der Waals surface area contributed by atoms with Crippen LogP contribution in [0.2, 0.25) is 0 Å². The SMILES string of the molecule is COCCCS(=O)(=O)c1ccc(/C(=N\O[C@@H]2CCOC2)C(=O)Nc2nc3c(OCCO)ccnc3s2)cc1. The Morgan fingerprint density at radius 3 is 2.79 bits per heavy atom. The molecule has 3 heterocycles. The van der Waals surface area contributed by atoms with Gasteiger partial charge in [0.15, 0.2) is 26.8 Å². The van der Waals surface area contributed by atoms with Crippen LogP contribution in [0.1, 0.15) is 18.4 Å². The summed E-state index contributed by atoms with van der Waals surface area (Å²) in [6.45, 7) is 1.17. The number of aromatic nitrogens is 2. The number of carbonyl (C=O) groups excluding carboxylic acids is 1. The van der Waals surface area contributed by atoms with Crippen LogP contribution in [0.15, 0.2) is 46.6 Å². The maximum atomic E-state index is 13.3. The molecule has 2 aromatic heterocycles. The first-order valence-electron chi connectivity index (χ1n) is 11.9. The molecule has 1 amide bonds. The van der Waals surface area contributed by atoms with Crippen molar-refractivity contribution in [3.8, 4) is 5.75 Å². The van der Waals surface area contributed by atoms with Crippen molar-refractivity contribution in [2.75, 3.05) is 51.2 Å². The van der Waals surface area contributed by atoms with E-state index in [9.17, 15) is 13.2 Å². The number of pyridine rings is 1. The van der Waals surface area contributed by atoms with E-state index in [0.717, 1.165) is 11.3 Å². The Labute approximate surface area is 223 Å². The molecule has 0 aliphatic carbocycles. The van der Waals surface area contributed by atoms with Crippen LogP contribution in [0.5, 0.6) is 5.75 Å². The number of hydrogen-bond acceptors (Lipinski definition) is 12. The number of rotatable bonds is 13. The molecule has 3 aromatic rings. The molecule has 0 unspecified atom stereocenters. The molecule has 1 saturated heterocycles. The van der Waals surface area contributed by atoms with Crippen molar-refractivity contribution in [1.82, 2.24) is 9.97 Å². The van der Waals surface area contributed by atoms with Crippen molar-refractivity contribution >= 4 is 48.3 Å². The summed E-state index contributed by atoms with van der Waals surface area (Å²) >= 11 is 1.14. The Balaban J connectivity index is 1.57. The number of aliphatic hydroxyl groups excluding tert-OH is 1.